The Bertz CT molecular complexity index is 719. The topological polar surface area (TPSA) is 41.6 Å². The maximum absolute atomic E-state index is 13.0. The van der Waals surface area contributed by atoms with Gasteiger partial charge >= 0.3 is 12.5 Å². The number of hydrogen-bond donors (Lipinski definition) is 1. The summed E-state index contributed by atoms with van der Waals surface area (Å²) >= 11 is 5.10. The van der Waals surface area contributed by atoms with Gasteiger partial charge in [0.25, 0.3) is 5.91 Å². The number of carbonyl (C=O) groups excluding carboxylic acids is 1. The summed E-state index contributed by atoms with van der Waals surface area (Å²) in [6, 6.07) is 5.25. The van der Waals surface area contributed by atoms with Crippen molar-refractivity contribution in [1.29, 1.82) is 0 Å². The number of benzene rings is 1. The van der Waals surface area contributed by atoms with E-state index in [0.29, 0.717) is 10.7 Å². The lowest BCUT2D eigenvalue weighted by molar-refractivity contribution is -0.253. The molecule has 24 heavy (non-hydrogen) atoms. The molecule has 3 rings (SSSR count). The van der Waals surface area contributed by atoms with E-state index in [4.69, 9.17) is 12.2 Å². The first-order valence-corrected chi connectivity index (χ1v) is 7.50. The van der Waals surface area contributed by atoms with Gasteiger partial charge in [-0.1, -0.05) is 12.1 Å². The zero-order valence-electron chi connectivity index (χ0n) is 12.1. The van der Waals surface area contributed by atoms with Crippen molar-refractivity contribution in [2.75, 3.05) is 0 Å². The lowest BCUT2D eigenvalue weighted by atomic mass is 10.2. The summed E-state index contributed by atoms with van der Waals surface area (Å²) in [5, 5.41) is 3.07. The molecule has 1 aromatic rings. The number of hydrogen-bond acceptors (Lipinski definition) is 3. The molecule has 1 N–H and O–H groups in total. The maximum atomic E-state index is 13.0. The van der Waals surface area contributed by atoms with Crippen LogP contribution in [0.5, 0.6) is 5.75 Å². The Morgan fingerprint density at radius 1 is 1.38 bits per heavy atom. The number of nitrogens with zero attached hydrogens (tertiary/aromatic N) is 1. The van der Waals surface area contributed by atoms with Crippen LogP contribution < -0.4 is 10.1 Å². The van der Waals surface area contributed by atoms with Gasteiger partial charge in [-0.2, -0.15) is 17.6 Å². The minimum Gasteiger partial charge on any atom is -0.428 e. The average Bonchev–Trinajstić information content (AvgIpc) is 3.27. The monoisotopic (exact) mass is 360 g/mol. The van der Waals surface area contributed by atoms with Crippen molar-refractivity contribution in [3.8, 4) is 5.75 Å². The summed E-state index contributed by atoms with van der Waals surface area (Å²) in [6.45, 7) is 0. The number of amides is 1. The number of thiocarbonyl (C=S) groups is 1. The normalized spacial score (nSPS) is 20.0. The summed E-state index contributed by atoms with van der Waals surface area (Å²) < 4.78 is 54.3. The van der Waals surface area contributed by atoms with Crippen molar-refractivity contribution in [3.05, 3.63) is 35.5 Å². The summed E-state index contributed by atoms with van der Waals surface area (Å²) in [6.07, 6.45) is -5.36. The van der Waals surface area contributed by atoms with Crippen LogP contribution in [0.25, 0.3) is 6.08 Å². The smallest absolute Gasteiger partial charge is 0.428 e. The third kappa shape index (κ3) is 3.35. The molecule has 1 heterocycles. The highest BCUT2D eigenvalue weighted by atomic mass is 32.1. The van der Waals surface area contributed by atoms with E-state index >= 15 is 0 Å². The molecule has 0 atom stereocenters. The third-order valence-electron chi connectivity index (χ3n) is 3.50. The van der Waals surface area contributed by atoms with Crippen molar-refractivity contribution in [1.82, 2.24) is 10.2 Å². The fourth-order valence-electron chi connectivity index (χ4n) is 2.25. The molecular weight excluding hydrogens is 348 g/mol. The first-order chi connectivity index (χ1) is 11.3. The molecule has 9 heteroatoms. The molecule has 2 aliphatic rings. The molecule has 1 aromatic carbocycles. The minimum absolute atomic E-state index is 0.0998. The van der Waals surface area contributed by atoms with Crippen LogP contribution in [-0.2, 0) is 4.79 Å². The zero-order valence-corrected chi connectivity index (χ0v) is 13.0. The zero-order chi connectivity index (χ0) is 17.5. The summed E-state index contributed by atoms with van der Waals surface area (Å²) in [7, 11) is 0. The van der Waals surface area contributed by atoms with Crippen LogP contribution in [-0.4, -0.2) is 34.5 Å². The van der Waals surface area contributed by atoms with Crippen LogP contribution in [0.3, 0.4) is 0 Å². The first kappa shape index (κ1) is 16.7. The molecule has 1 aliphatic carbocycles. The van der Waals surface area contributed by atoms with Crippen LogP contribution in [0.15, 0.2) is 30.0 Å². The van der Waals surface area contributed by atoms with E-state index in [-0.39, 0.29) is 17.6 Å². The maximum Gasteiger partial charge on any atom is 0.461 e. The molecule has 4 nitrogen and oxygen atoms in total. The second-order valence-electron chi connectivity index (χ2n) is 5.43. The van der Waals surface area contributed by atoms with Crippen molar-refractivity contribution in [2.24, 2.45) is 0 Å². The van der Waals surface area contributed by atoms with E-state index in [9.17, 15) is 22.4 Å². The van der Waals surface area contributed by atoms with Gasteiger partial charge in [-0.05, 0) is 48.8 Å². The standard InChI is InChI=1S/C15H12F4N2O2S/c16-13(17)15(18,19)23-10-3-1-2-8(6-10)7-11-12(22)21(9-4-5-9)14(24)20-11/h1-3,6-7,9,13H,4-5H2,(H,20,24). The molecule has 0 bridgehead atoms. The van der Waals surface area contributed by atoms with Crippen molar-refractivity contribution < 1.29 is 27.1 Å². The molecule has 1 saturated carbocycles. The molecule has 1 saturated heterocycles. The number of alkyl halides is 4. The van der Waals surface area contributed by atoms with Gasteiger partial charge in [0.1, 0.15) is 11.4 Å². The van der Waals surface area contributed by atoms with E-state index < -0.39 is 18.3 Å². The third-order valence-corrected chi connectivity index (χ3v) is 3.80. The Hall–Kier alpha value is -2.16. The van der Waals surface area contributed by atoms with E-state index in [1.807, 2.05) is 0 Å². The van der Waals surface area contributed by atoms with Gasteiger partial charge in [0.15, 0.2) is 5.11 Å². The van der Waals surface area contributed by atoms with Gasteiger partial charge in [0, 0.05) is 6.04 Å². The quantitative estimate of drug-likeness (QED) is 0.498. The number of nitrogens with one attached hydrogen (secondary N) is 1. The molecule has 0 aromatic heterocycles. The summed E-state index contributed by atoms with van der Waals surface area (Å²) in [4.78, 5) is 13.7. The Kier molecular flexibility index (Phi) is 4.20. The first-order valence-electron chi connectivity index (χ1n) is 7.09. The summed E-state index contributed by atoms with van der Waals surface area (Å²) in [5.74, 6) is -0.728. The second kappa shape index (κ2) is 6.04. The predicted octanol–water partition coefficient (Wildman–Crippen LogP) is 3.14. The molecule has 1 aliphatic heterocycles. The molecule has 0 radical (unpaired) electrons. The highest BCUT2D eigenvalue weighted by Gasteiger charge is 2.44. The molecule has 0 unspecified atom stereocenters. The van der Waals surface area contributed by atoms with Gasteiger partial charge in [0.05, 0.1) is 0 Å². The number of rotatable bonds is 5. The molecule has 0 spiro atoms. The van der Waals surface area contributed by atoms with Crippen molar-refractivity contribution in [3.63, 3.8) is 0 Å². The molecular formula is C15H12F4N2O2S. The van der Waals surface area contributed by atoms with Crippen LogP contribution in [0.1, 0.15) is 18.4 Å². The Balaban J connectivity index is 1.80. The predicted molar refractivity (Wildman–Crippen MR) is 81.6 cm³/mol. The highest BCUT2D eigenvalue weighted by Crippen LogP contribution is 2.31. The van der Waals surface area contributed by atoms with E-state index in [1.165, 1.54) is 23.1 Å². The van der Waals surface area contributed by atoms with Gasteiger partial charge < -0.3 is 10.1 Å². The van der Waals surface area contributed by atoms with E-state index in [0.717, 1.165) is 25.0 Å². The van der Waals surface area contributed by atoms with Crippen LogP contribution in [0.4, 0.5) is 17.6 Å². The lowest BCUT2D eigenvalue weighted by Crippen LogP contribution is -2.33. The van der Waals surface area contributed by atoms with Gasteiger partial charge in [-0.25, -0.2) is 0 Å². The Labute approximate surface area is 140 Å². The SMILES string of the molecule is O=C1C(=Cc2cccc(OC(F)(F)C(F)F)c2)NC(=S)N1C1CC1. The largest absolute Gasteiger partial charge is 0.461 e. The Morgan fingerprint density at radius 2 is 2.08 bits per heavy atom. The fourth-order valence-corrected chi connectivity index (χ4v) is 2.59. The van der Waals surface area contributed by atoms with E-state index in [2.05, 4.69) is 10.1 Å². The minimum atomic E-state index is -4.59. The van der Waals surface area contributed by atoms with Crippen LogP contribution in [0, 0.1) is 0 Å². The summed E-state index contributed by atoms with van der Waals surface area (Å²) in [5.41, 5.74) is 0.540. The lowest BCUT2D eigenvalue weighted by Gasteiger charge is -2.16. The number of ether oxygens (including phenoxy) is 1. The average molecular weight is 360 g/mol. The van der Waals surface area contributed by atoms with Crippen molar-refractivity contribution >= 4 is 29.3 Å². The van der Waals surface area contributed by atoms with Crippen LogP contribution in [0.2, 0.25) is 0 Å². The molecule has 128 valence electrons. The van der Waals surface area contributed by atoms with Gasteiger partial charge in [-0.15, -0.1) is 0 Å². The highest BCUT2D eigenvalue weighted by molar-refractivity contribution is 7.80. The fraction of sp³-hybridized carbons (Fsp3) is 0.333. The molecule has 1 amide bonds. The number of carbonyl (C=O) groups is 1. The van der Waals surface area contributed by atoms with Crippen LogP contribution >= 0.6 is 12.2 Å². The molecule has 2 fully saturated rings. The van der Waals surface area contributed by atoms with E-state index in [1.54, 1.807) is 0 Å². The van der Waals surface area contributed by atoms with Gasteiger partial charge in [0.2, 0.25) is 0 Å². The van der Waals surface area contributed by atoms with Gasteiger partial charge in [-0.3, -0.25) is 9.69 Å². The van der Waals surface area contributed by atoms with Crippen molar-refractivity contribution in [2.45, 2.75) is 31.4 Å². The second-order valence-corrected chi connectivity index (χ2v) is 5.82. The number of halogens is 4. The Morgan fingerprint density at radius 3 is 2.71 bits per heavy atom.